The fourth-order valence-electron chi connectivity index (χ4n) is 2.46. The second-order valence-corrected chi connectivity index (χ2v) is 5.45. The molecular formula is C14H15ClF6N2O. The Bertz CT molecular complexity index is 570. The number of piperidine rings is 1. The average Bonchev–Trinajstić information content (AvgIpc) is 2.44. The molecule has 136 valence electrons. The fourth-order valence-corrected chi connectivity index (χ4v) is 2.46. The number of amides is 1. The maximum absolute atomic E-state index is 12.8. The molecule has 1 unspecified atom stereocenters. The van der Waals surface area contributed by atoms with Gasteiger partial charge in [0.1, 0.15) is 0 Å². The molecule has 10 heteroatoms. The minimum Gasteiger partial charge on any atom is -0.337 e. The van der Waals surface area contributed by atoms with Crippen LogP contribution in [0.3, 0.4) is 0 Å². The highest BCUT2D eigenvalue weighted by atomic mass is 35.5. The van der Waals surface area contributed by atoms with E-state index in [2.05, 4.69) is 0 Å². The summed E-state index contributed by atoms with van der Waals surface area (Å²) < 4.78 is 76.7. The van der Waals surface area contributed by atoms with Gasteiger partial charge in [-0.2, -0.15) is 26.3 Å². The standard InChI is InChI=1S/C14H14F6N2O.ClH/c15-13(16,17)9-4-8(5-10(6-9)14(18,19)20)12(23)22-3-1-2-11(21)7-22;/h4-6,11H,1-3,7,21H2;1H. The number of rotatable bonds is 1. The van der Waals surface area contributed by atoms with Crippen LogP contribution in [0.15, 0.2) is 18.2 Å². The second-order valence-electron chi connectivity index (χ2n) is 5.45. The maximum Gasteiger partial charge on any atom is 0.416 e. The van der Waals surface area contributed by atoms with E-state index in [1.807, 2.05) is 0 Å². The first-order valence-electron chi connectivity index (χ1n) is 6.83. The number of likely N-dealkylation sites (tertiary alicyclic amines) is 1. The first-order chi connectivity index (χ1) is 10.5. The number of benzene rings is 1. The molecule has 0 saturated carbocycles. The molecule has 0 aliphatic carbocycles. The lowest BCUT2D eigenvalue weighted by Gasteiger charge is -2.31. The molecule has 1 amide bonds. The quantitative estimate of drug-likeness (QED) is 0.759. The molecule has 0 radical (unpaired) electrons. The highest BCUT2D eigenvalue weighted by Gasteiger charge is 2.38. The molecule has 1 heterocycles. The average molecular weight is 377 g/mol. The summed E-state index contributed by atoms with van der Waals surface area (Å²) in [4.78, 5) is 13.4. The predicted molar refractivity (Wildman–Crippen MR) is 76.8 cm³/mol. The van der Waals surface area contributed by atoms with Gasteiger partial charge in [0.2, 0.25) is 0 Å². The van der Waals surface area contributed by atoms with Crippen LogP contribution < -0.4 is 5.73 Å². The molecule has 0 aromatic heterocycles. The van der Waals surface area contributed by atoms with Crippen molar-refractivity contribution < 1.29 is 31.1 Å². The zero-order chi connectivity index (χ0) is 17.4. The summed E-state index contributed by atoms with van der Waals surface area (Å²) in [5.41, 5.74) is 2.04. The van der Waals surface area contributed by atoms with Gasteiger partial charge in [0, 0.05) is 24.7 Å². The first-order valence-corrected chi connectivity index (χ1v) is 6.83. The van der Waals surface area contributed by atoms with Gasteiger partial charge in [-0.1, -0.05) is 0 Å². The van der Waals surface area contributed by atoms with Gasteiger partial charge in [-0.15, -0.1) is 12.4 Å². The fraction of sp³-hybridized carbons (Fsp3) is 0.500. The van der Waals surface area contributed by atoms with Crippen LogP contribution in [-0.4, -0.2) is 29.9 Å². The van der Waals surface area contributed by atoms with Crippen molar-refractivity contribution in [2.45, 2.75) is 31.2 Å². The highest BCUT2D eigenvalue weighted by Crippen LogP contribution is 2.36. The van der Waals surface area contributed by atoms with Gasteiger partial charge in [0.05, 0.1) is 11.1 Å². The van der Waals surface area contributed by atoms with Crippen molar-refractivity contribution in [2.24, 2.45) is 5.73 Å². The van der Waals surface area contributed by atoms with Gasteiger partial charge in [-0.25, -0.2) is 0 Å². The van der Waals surface area contributed by atoms with E-state index in [4.69, 9.17) is 5.73 Å². The smallest absolute Gasteiger partial charge is 0.337 e. The molecule has 1 aromatic rings. The minimum absolute atomic E-state index is 0. The summed E-state index contributed by atoms with van der Waals surface area (Å²) in [5, 5.41) is 0. The summed E-state index contributed by atoms with van der Waals surface area (Å²) in [5.74, 6) is -0.878. The topological polar surface area (TPSA) is 46.3 Å². The molecule has 0 bridgehead atoms. The van der Waals surface area contributed by atoms with Gasteiger partial charge in [0.15, 0.2) is 0 Å². The summed E-state index contributed by atoms with van der Waals surface area (Å²) in [6.45, 7) is 0.362. The van der Waals surface area contributed by atoms with Gasteiger partial charge in [0.25, 0.3) is 5.91 Å². The molecule has 1 saturated heterocycles. The lowest BCUT2D eigenvalue weighted by molar-refractivity contribution is -0.143. The van der Waals surface area contributed by atoms with Crippen LogP contribution in [0.2, 0.25) is 0 Å². The summed E-state index contributed by atoms with van der Waals surface area (Å²) in [6, 6.07) is 0.550. The number of halogens is 7. The molecule has 1 aliphatic rings. The number of alkyl halides is 6. The normalized spacial score (nSPS) is 19.0. The SMILES string of the molecule is Cl.NC1CCCN(C(=O)c2cc(C(F)(F)F)cc(C(F)(F)F)c2)C1. The third kappa shape index (κ3) is 4.76. The zero-order valence-corrected chi connectivity index (χ0v) is 13.1. The van der Waals surface area contributed by atoms with Crippen LogP contribution in [0.4, 0.5) is 26.3 Å². The molecule has 2 N–H and O–H groups in total. The van der Waals surface area contributed by atoms with Crippen LogP contribution in [-0.2, 0) is 12.4 Å². The molecular weight excluding hydrogens is 362 g/mol. The third-order valence-corrected chi connectivity index (χ3v) is 3.58. The van der Waals surface area contributed by atoms with E-state index in [-0.39, 0.29) is 37.6 Å². The largest absolute Gasteiger partial charge is 0.416 e. The first kappa shape index (κ1) is 20.6. The van der Waals surface area contributed by atoms with Crippen molar-refractivity contribution in [3.63, 3.8) is 0 Å². The van der Waals surface area contributed by atoms with Crippen LogP contribution >= 0.6 is 12.4 Å². The van der Waals surface area contributed by atoms with Crippen molar-refractivity contribution in [3.8, 4) is 0 Å². The Balaban J connectivity index is 0.00000288. The Morgan fingerprint density at radius 2 is 1.54 bits per heavy atom. The molecule has 1 atom stereocenters. The maximum atomic E-state index is 12.8. The van der Waals surface area contributed by atoms with E-state index in [9.17, 15) is 31.1 Å². The number of hydrogen-bond acceptors (Lipinski definition) is 2. The van der Waals surface area contributed by atoms with Crippen LogP contribution in [0.25, 0.3) is 0 Å². The monoisotopic (exact) mass is 376 g/mol. The molecule has 1 aliphatic heterocycles. The van der Waals surface area contributed by atoms with Crippen molar-refractivity contribution in [3.05, 3.63) is 34.9 Å². The van der Waals surface area contributed by atoms with Gasteiger partial charge >= 0.3 is 12.4 Å². The molecule has 0 spiro atoms. The predicted octanol–water partition coefficient (Wildman–Crippen LogP) is 3.71. The van der Waals surface area contributed by atoms with Crippen LogP contribution in [0, 0.1) is 0 Å². The van der Waals surface area contributed by atoms with Gasteiger partial charge in [-0.3, -0.25) is 4.79 Å². The Morgan fingerprint density at radius 3 is 1.96 bits per heavy atom. The highest BCUT2D eigenvalue weighted by molar-refractivity contribution is 5.94. The molecule has 24 heavy (non-hydrogen) atoms. The number of hydrogen-bond donors (Lipinski definition) is 1. The summed E-state index contributed by atoms with van der Waals surface area (Å²) in [6.07, 6.45) is -8.75. The zero-order valence-electron chi connectivity index (χ0n) is 12.2. The van der Waals surface area contributed by atoms with Crippen molar-refractivity contribution in [1.29, 1.82) is 0 Å². The van der Waals surface area contributed by atoms with Gasteiger partial charge in [-0.05, 0) is 31.0 Å². The molecule has 1 fully saturated rings. The van der Waals surface area contributed by atoms with Crippen molar-refractivity contribution >= 4 is 18.3 Å². The molecule has 3 nitrogen and oxygen atoms in total. The molecule has 2 rings (SSSR count). The Labute approximate surface area is 140 Å². The molecule has 1 aromatic carbocycles. The van der Waals surface area contributed by atoms with E-state index in [0.29, 0.717) is 25.0 Å². The third-order valence-electron chi connectivity index (χ3n) is 3.58. The summed E-state index contributed by atoms with van der Waals surface area (Å²) in [7, 11) is 0. The number of carbonyl (C=O) groups is 1. The lowest BCUT2D eigenvalue weighted by Crippen LogP contribution is -2.45. The Hall–Kier alpha value is -1.48. The van der Waals surface area contributed by atoms with Crippen molar-refractivity contribution in [1.82, 2.24) is 4.90 Å². The van der Waals surface area contributed by atoms with Gasteiger partial charge < -0.3 is 10.6 Å². The number of nitrogens with two attached hydrogens (primary N) is 1. The van der Waals surface area contributed by atoms with Crippen molar-refractivity contribution in [2.75, 3.05) is 13.1 Å². The summed E-state index contributed by atoms with van der Waals surface area (Å²) >= 11 is 0. The van der Waals surface area contributed by atoms with E-state index in [1.54, 1.807) is 0 Å². The second kappa shape index (κ2) is 7.18. The van der Waals surface area contributed by atoms with Crippen LogP contribution in [0.1, 0.15) is 34.3 Å². The minimum atomic E-state index is -4.98. The van der Waals surface area contributed by atoms with E-state index in [0.717, 1.165) is 0 Å². The van der Waals surface area contributed by atoms with E-state index >= 15 is 0 Å². The van der Waals surface area contributed by atoms with Crippen LogP contribution in [0.5, 0.6) is 0 Å². The van der Waals surface area contributed by atoms with E-state index < -0.39 is 35.0 Å². The Kier molecular flexibility index (Phi) is 6.15. The Morgan fingerprint density at radius 1 is 1.04 bits per heavy atom. The number of carbonyl (C=O) groups excluding carboxylic acids is 1. The number of nitrogens with zero attached hydrogens (tertiary/aromatic N) is 1. The lowest BCUT2D eigenvalue weighted by atomic mass is 10.0. The van der Waals surface area contributed by atoms with E-state index in [1.165, 1.54) is 4.90 Å².